The number of nitrogens with two attached hydrogens (primary N) is 1. The average molecular weight is 307 g/mol. The van der Waals surface area contributed by atoms with E-state index >= 15 is 0 Å². The van der Waals surface area contributed by atoms with Crippen molar-refractivity contribution in [3.05, 3.63) is 29.8 Å². The molecule has 1 aromatic carbocycles. The third-order valence-corrected chi connectivity index (χ3v) is 4.40. The molecule has 4 nitrogen and oxygen atoms in total. The van der Waals surface area contributed by atoms with Crippen LogP contribution in [0.1, 0.15) is 26.7 Å². The van der Waals surface area contributed by atoms with Crippen molar-refractivity contribution < 1.29 is 21.9 Å². The van der Waals surface area contributed by atoms with E-state index in [4.69, 9.17) is 9.88 Å². The average Bonchev–Trinajstić information content (AvgIpc) is 2.32. The number of primary sulfonamides is 1. The second-order valence-corrected chi connectivity index (χ2v) is 6.52. The van der Waals surface area contributed by atoms with Gasteiger partial charge in [-0.3, -0.25) is 0 Å². The molecule has 2 N–H and O–H groups in total. The molecule has 0 heterocycles. The van der Waals surface area contributed by atoms with E-state index in [9.17, 15) is 17.2 Å². The van der Waals surface area contributed by atoms with Crippen molar-refractivity contribution >= 4 is 10.0 Å². The van der Waals surface area contributed by atoms with Gasteiger partial charge in [0.25, 0.3) is 0 Å². The van der Waals surface area contributed by atoms with Gasteiger partial charge in [-0.1, -0.05) is 13.8 Å². The molecule has 114 valence electrons. The van der Waals surface area contributed by atoms with Gasteiger partial charge in [-0.25, -0.2) is 22.3 Å². The molecule has 0 aliphatic rings. The van der Waals surface area contributed by atoms with Crippen molar-refractivity contribution in [2.75, 3.05) is 12.4 Å². The smallest absolute Gasteiger partial charge is 0.209 e. The molecule has 0 saturated carbocycles. The Morgan fingerprint density at radius 1 is 1.15 bits per heavy atom. The molecule has 0 bridgehead atoms. The van der Waals surface area contributed by atoms with Gasteiger partial charge in [-0.2, -0.15) is 0 Å². The molecule has 0 amide bonds. The van der Waals surface area contributed by atoms with Gasteiger partial charge in [0, 0.05) is 23.6 Å². The number of sulfonamides is 1. The molecule has 0 spiro atoms. The molecule has 0 saturated heterocycles. The van der Waals surface area contributed by atoms with E-state index < -0.39 is 27.1 Å². The Labute approximate surface area is 118 Å². The summed E-state index contributed by atoms with van der Waals surface area (Å²) in [7, 11) is -3.65. The van der Waals surface area contributed by atoms with Crippen LogP contribution in [0, 0.1) is 17.0 Å². The summed E-state index contributed by atoms with van der Waals surface area (Å²) < 4.78 is 54.0. The Kier molecular flexibility index (Phi) is 5.47. The number of hydrogen-bond acceptors (Lipinski definition) is 3. The minimum Gasteiger partial charge on any atom is -0.493 e. The Morgan fingerprint density at radius 3 is 2.05 bits per heavy atom. The van der Waals surface area contributed by atoms with Crippen molar-refractivity contribution in [2.45, 2.75) is 26.7 Å². The van der Waals surface area contributed by atoms with Gasteiger partial charge in [0.2, 0.25) is 10.0 Å². The van der Waals surface area contributed by atoms with E-state index in [-0.39, 0.29) is 18.1 Å². The first-order valence-electron chi connectivity index (χ1n) is 6.29. The third kappa shape index (κ3) is 5.05. The molecule has 7 heteroatoms. The SMILES string of the molecule is CCC(CC)(COc1cc(F)cc(F)c1)CS(N)(=O)=O. The number of halogens is 2. The summed E-state index contributed by atoms with van der Waals surface area (Å²) in [6.45, 7) is 3.67. The highest BCUT2D eigenvalue weighted by Gasteiger charge is 2.32. The quantitative estimate of drug-likeness (QED) is 0.841. The van der Waals surface area contributed by atoms with Crippen LogP contribution in [-0.2, 0) is 10.0 Å². The molecule has 0 aromatic heterocycles. The van der Waals surface area contributed by atoms with E-state index in [0.29, 0.717) is 12.8 Å². The number of hydrogen-bond donors (Lipinski definition) is 1. The Balaban J connectivity index is 2.86. The van der Waals surface area contributed by atoms with Crippen LogP contribution in [0.15, 0.2) is 18.2 Å². The maximum atomic E-state index is 13.0. The van der Waals surface area contributed by atoms with Gasteiger partial charge in [-0.15, -0.1) is 0 Å². The van der Waals surface area contributed by atoms with Crippen LogP contribution in [0.2, 0.25) is 0 Å². The van der Waals surface area contributed by atoms with E-state index in [2.05, 4.69) is 0 Å². The summed E-state index contributed by atoms with van der Waals surface area (Å²) >= 11 is 0. The van der Waals surface area contributed by atoms with Gasteiger partial charge in [0.05, 0.1) is 12.4 Å². The predicted molar refractivity (Wildman–Crippen MR) is 72.8 cm³/mol. The maximum absolute atomic E-state index is 13.0. The number of benzene rings is 1. The zero-order valence-electron chi connectivity index (χ0n) is 11.5. The van der Waals surface area contributed by atoms with Crippen LogP contribution < -0.4 is 9.88 Å². The number of ether oxygens (including phenoxy) is 1. The molecule has 0 radical (unpaired) electrons. The van der Waals surface area contributed by atoms with E-state index in [1.54, 1.807) is 0 Å². The molecule has 0 atom stereocenters. The summed E-state index contributed by atoms with van der Waals surface area (Å²) in [5, 5.41) is 5.09. The minimum absolute atomic E-state index is 0.0271. The van der Waals surface area contributed by atoms with E-state index in [1.807, 2.05) is 13.8 Å². The Bertz CT molecular complexity index is 536. The summed E-state index contributed by atoms with van der Waals surface area (Å²) in [5.74, 6) is -1.69. The van der Waals surface area contributed by atoms with Crippen molar-refractivity contribution in [1.82, 2.24) is 0 Å². The molecule has 1 rings (SSSR count). The lowest BCUT2D eigenvalue weighted by Crippen LogP contribution is -2.37. The van der Waals surface area contributed by atoms with Crippen LogP contribution in [0.4, 0.5) is 8.78 Å². The lowest BCUT2D eigenvalue weighted by molar-refractivity contribution is 0.153. The molecular weight excluding hydrogens is 288 g/mol. The van der Waals surface area contributed by atoms with Gasteiger partial charge in [-0.05, 0) is 12.8 Å². The topological polar surface area (TPSA) is 69.4 Å². The first kappa shape index (κ1) is 16.8. The van der Waals surface area contributed by atoms with Crippen LogP contribution >= 0.6 is 0 Å². The second kappa shape index (κ2) is 6.49. The van der Waals surface area contributed by atoms with Gasteiger partial charge in [0.15, 0.2) is 0 Å². The highest BCUT2D eigenvalue weighted by atomic mass is 32.2. The lowest BCUT2D eigenvalue weighted by atomic mass is 9.85. The fraction of sp³-hybridized carbons (Fsp3) is 0.538. The fourth-order valence-electron chi connectivity index (χ4n) is 1.97. The molecule has 0 unspecified atom stereocenters. The molecular formula is C13H19F2NO3S. The molecule has 20 heavy (non-hydrogen) atoms. The first-order valence-corrected chi connectivity index (χ1v) is 8.00. The lowest BCUT2D eigenvalue weighted by Gasteiger charge is -2.30. The van der Waals surface area contributed by atoms with Crippen molar-refractivity contribution in [3.63, 3.8) is 0 Å². The highest BCUT2D eigenvalue weighted by molar-refractivity contribution is 7.89. The zero-order chi connectivity index (χ0) is 15.4. The largest absolute Gasteiger partial charge is 0.493 e. The normalized spacial score (nSPS) is 12.4. The molecule has 0 fully saturated rings. The number of rotatable bonds is 7. The molecule has 0 aliphatic carbocycles. The summed E-state index contributed by atoms with van der Waals surface area (Å²) in [6.07, 6.45) is 1.05. The Morgan fingerprint density at radius 2 is 1.65 bits per heavy atom. The fourth-order valence-corrected chi connectivity index (χ4v) is 3.32. The molecule has 1 aromatic rings. The maximum Gasteiger partial charge on any atom is 0.209 e. The second-order valence-electron chi connectivity index (χ2n) is 4.91. The summed E-state index contributed by atoms with van der Waals surface area (Å²) in [6, 6.07) is 2.84. The standard InChI is InChI=1S/C13H19F2NO3S/c1-3-13(4-2,9-20(16,17)18)8-19-12-6-10(14)5-11(15)7-12/h5-7H,3-4,8-9H2,1-2H3,(H2,16,17,18). The van der Waals surface area contributed by atoms with E-state index in [0.717, 1.165) is 18.2 Å². The van der Waals surface area contributed by atoms with Crippen molar-refractivity contribution in [2.24, 2.45) is 10.6 Å². The van der Waals surface area contributed by atoms with Crippen LogP contribution in [-0.4, -0.2) is 20.8 Å². The van der Waals surface area contributed by atoms with Crippen molar-refractivity contribution in [3.8, 4) is 5.75 Å². The van der Waals surface area contributed by atoms with Crippen LogP contribution in [0.3, 0.4) is 0 Å². The predicted octanol–water partition coefficient (Wildman–Crippen LogP) is 2.44. The highest BCUT2D eigenvalue weighted by Crippen LogP contribution is 2.29. The first-order chi connectivity index (χ1) is 9.19. The van der Waals surface area contributed by atoms with Crippen LogP contribution in [0.25, 0.3) is 0 Å². The van der Waals surface area contributed by atoms with Gasteiger partial charge in [0.1, 0.15) is 17.4 Å². The van der Waals surface area contributed by atoms with Gasteiger partial charge < -0.3 is 4.74 Å². The summed E-state index contributed by atoms with van der Waals surface area (Å²) in [5.41, 5.74) is -0.670. The van der Waals surface area contributed by atoms with Crippen molar-refractivity contribution in [1.29, 1.82) is 0 Å². The minimum atomic E-state index is -3.65. The molecule has 0 aliphatic heterocycles. The van der Waals surface area contributed by atoms with E-state index in [1.165, 1.54) is 0 Å². The Hall–Kier alpha value is -1.21. The monoisotopic (exact) mass is 307 g/mol. The van der Waals surface area contributed by atoms with Crippen LogP contribution in [0.5, 0.6) is 5.75 Å². The summed E-state index contributed by atoms with van der Waals surface area (Å²) in [4.78, 5) is 0. The van der Waals surface area contributed by atoms with Gasteiger partial charge >= 0.3 is 0 Å². The zero-order valence-corrected chi connectivity index (χ0v) is 12.3. The third-order valence-electron chi connectivity index (χ3n) is 3.39.